The highest BCUT2D eigenvalue weighted by atomic mass is 16.4. The average Bonchev–Trinajstić information content (AvgIpc) is 2.36. The summed E-state index contributed by atoms with van der Waals surface area (Å²) in [5, 5.41) is 11.4. The van der Waals surface area contributed by atoms with Crippen LogP contribution in [0, 0.1) is 0 Å². The topological polar surface area (TPSA) is 109 Å². The molecule has 1 aromatic carbocycles. The van der Waals surface area contributed by atoms with Crippen LogP contribution in [0.3, 0.4) is 0 Å². The van der Waals surface area contributed by atoms with Crippen LogP contribution in [-0.4, -0.2) is 28.8 Å². The van der Waals surface area contributed by atoms with Crippen LogP contribution in [0.25, 0.3) is 0 Å². The van der Waals surface area contributed by atoms with E-state index >= 15 is 0 Å². The van der Waals surface area contributed by atoms with Crippen molar-refractivity contribution in [3.8, 4) is 0 Å². The summed E-state index contributed by atoms with van der Waals surface area (Å²) in [6.07, 6.45) is 0.889. The average molecular weight is 248 g/mol. The second kappa shape index (κ2) is 4.58. The van der Waals surface area contributed by atoms with Gasteiger partial charge in [-0.2, -0.15) is 0 Å². The van der Waals surface area contributed by atoms with Crippen molar-refractivity contribution >= 4 is 23.3 Å². The van der Waals surface area contributed by atoms with E-state index in [-0.39, 0.29) is 11.5 Å². The van der Waals surface area contributed by atoms with E-state index < -0.39 is 17.8 Å². The number of nitrogens with one attached hydrogen (secondary N) is 1. The minimum absolute atomic E-state index is 0.0659. The number of ketones is 1. The van der Waals surface area contributed by atoms with Crippen molar-refractivity contribution in [3.63, 3.8) is 0 Å². The number of rotatable bonds is 3. The molecule has 1 aliphatic heterocycles. The Hall–Kier alpha value is -2.21. The molecule has 6 heteroatoms. The minimum Gasteiger partial charge on any atom is -0.480 e. The van der Waals surface area contributed by atoms with E-state index in [0.29, 0.717) is 18.5 Å². The summed E-state index contributed by atoms with van der Waals surface area (Å²) in [4.78, 5) is 33.6. The first-order valence-corrected chi connectivity index (χ1v) is 5.44. The lowest BCUT2D eigenvalue weighted by Gasteiger charge is -2.17. The number of hydrogen-bond acceptors (Lipinski definition) is 4. The molecule has 0 radical (unpaired) electrons. The molecule has 0 aliphatic carbocycles. The van der Waals surface area contributed by atoms with Crippen LogP contribution >= 0.6 is 0 Å². The second-order valence-electron chi connectivity index (χ2n) is 4.10. The summed E-state index contributed by atoms with van der Waals surface area (Å²) >= 11 is 0. The molecule has 1 aliphatic rings. The first kappa shape index (κ1) is 12.3. The van der Waals surface area contributed by atoms with Crippen LogP contribution in [0.15, 0.2) is 18.2 Å². The summed E-state index contributed by atoms with van der Waals surface area (Å²) in [6.45, 7) is 0. The molecule has 18 heavy (non-hydrogen) atoms. The number of carbonyl (C=O) groups excluding carboxylic acids is 2. The van der Waals surface area contributed by atoms with Crippen molar-refractivity contribution in [2.24, 2.45) is 5.73 Å². The number of fused-ring (bicyclic) bond motifs is 1. The maximum absolute atomic E-state index is 11.7. The third kappa shape index (κ3) is 2.23. The fraction of sp³-hybridized carbons (Fsp3) is 0.250. The molecule has 1 heterocycles. The van der Waals surface area contributed by atoms with Crippen molar-refractivity contribution in [1.29, 1.82) is 0 Å². The van der Waals surface area contributed by atoms with E-state index in [2.05, 4.69) is 5.32 Å². The zero-order valence-electron chi connectivity index (χ0n) is 9.47. The zero-order chi connectivity index (χ0) is 13.3. The Morgan fingerprint density at radius 3 is 2.72 bits per heavy atom. The van der Waals surface area contributed by atoms with Gasteiger partial charge in [-0.15, -0.1) is 0 Å². The number of nitrogens with two attached hydrogens (primary N) is 1. The van der Waals surface area contributed by atoms with E-state index in [1.54, 1.807) is 12.1 Å². The molecule has 1 atom stereocenters. The molecule has 0 aromatic heterocycles. The number of hydrogen-bond donors (Lipinski definition) is 3. The first-order chi connectivity index (χ1) is 8.49. The van der Waals surface area contributed by atoms with Crippen molar-refractivity contribution in [2.45, 2.75) is 18.9 Å². The van der Waals surface area contributed by atoms with E-state index in [9.17, 15) is 14.4 Å². The summed E-state index contributed by atoms with van der Waals surface area (Å²) < 4.78 is 0. The lowest BCUT2D eigenvalue weighted by Crippen LogP contribution is -2.38. The monoisotopic (exact) mass is 248 g/mol. The van der Waals surface area contributed by atoms with Gasteiger partial charge in [0.1, 0.15) is 0 Å². The summed E-state index contributed by atoms with van der Waals surface area (Å²) in [6, 6.07) is 3.09. The number of aryl methyl sites for hydroxylation is 1. The van der Waals surface area contributed by atoms with Gasteiger partial charge in [0.25, 0.3) is 0 Å². The number of Topliss-reactive ketones (excluding diaryl/α,β-unsaturated/α-hetero) is 1. The Kier molecular flexibility index (Phi) is 3.12. The number of carboxylic acids is 1. The predicted octanol–water partition coefficient (Wildman–Crippen LogP) is 0.166. The number of anilines is 1. The van der Waals surface area contributed by atoms with Gasteiger partial charge in [0.15, 0.2) is 11.8 Å². The zero-order valence-corrected chi connectivity index (χ0v) is 9.47. The summed E-state index contributed by atoms with van der Waals surface area (Å²) in [5.74, 6) is -2.06. The number of benzene rings is 1. The lowest BCUT2D eigenvalue weighted by molar-refractivity contribution is -0.137. The molecule has 0 fully saturated rings. The smallest absolute Gasteiger partial charge is 0.328 e. The van der Waals surface area contributed by atoms with Gasteiger partial charge in [0.05, 0.1) is 0 Å². The highest BCUT2D eigenvalue weighted by molar-refractivity contribution is 6.11. The van der Waals surface area contributed by atoms with Gasteiger partial charge in [-0.1, -0.05) is 0 Å². The molecule has 0 spiro atoms. The molecule has 6 nitrogen and oxygen atoms in total. The first-order valence-electron chi connectivity index (χ1n) is 5.44. The second-order valence-corrected chi connectivity index (χ2v) is 4.10. The molecule has 94 valence electrons. The predicted molar refractivity (Wildman–Crippen MR) is 63.3 cm³/mol. The Morgan fingerprint density at radius 2 is 2.06 bits per heavy atom. The van der Waals surface area contributed by atoms with E-state index in [0.717, 1.165) is 5.56 Å². The van der Waals surface area contributed by atoms with E-state index in [4.69, 9.17) is 10.8 Å². The van der Waals surface area contributed by atoms with Gasteiger partial charge in [-0.05, 0) is 30.2 Å². The third-order valence-electron chi connectivity index (χ3n) is 2.83. The Balaban J connectivity index is 2.29. The van der Waals surface area contributed by atoms with Crippen LogP contribution in [0.2, 0.25) is 0 Å². The minimum atomic E-state index is -1.55. The quantitative estimate of drug-likeness (QED) is 0.521. The molecule has 1 amide bonds. The normalized spacial score (nSPS) is 15.5. The number of carboxylic acid groups (broad SMARTS) is 1. The highest BCUT2D eigenvalue weighted by Crippen LogP contribution is 2.23. The molecule has 0 saturated heterocycles. The highest BCUT2D eigenvalue weighted by Gasteiger charge is 2.24. The van der Waals surface area contributed by atoms with Crippen molar-refractivity contribution in [3.05, 3.63) is 29.3 Å². The van der Waals surface area contributed by atoms with Crippen LogP contribution in [0.5, 0.6) is 0 Å². The van der Waals surface area contributed by atoms with Gasteiger partial charge >= 0.3 is 5.97 Å². The fourth-order valence-corrected chi connectivity index (χ4v) is 1.83. The van der Waals surface area contributed by atoms with Crippen LogP contribution in [0.1, 0.15) is 22.3 Å². The standard InChI is InChI=1S/C12H12N2O4/c13-10(12(17)18)11(16)7-1-3-8-6(5-7)2-4-9(15)14-8/h1,3,5,10H,2,4,13H2,(H,14,15)(H,17,18). The number of carbonyl (C=O) groups is 3. The molecule has 2 rings (SSSR count). The van der Waals surface area contributed by atoms with Crippen LogP contribution < -0.4 is 11.1 Å². The van der Waals surface area contributed by atoms with Gasteiger partial charge in [0.2, 0.25) is 5.91 Å². The third-order valence-corrected chi connectivity index (χ3v) is 2.83. The van der Waals surface area contributed by atoms with E-state index in [1.165, 1.54) is 6.07 Å². The molecule has 0 saturated carbocycles. The van der Waals surface area contributed by atoms with Gasteiger partial charge in [-0.25, -0.2) is 0 Å². The molecular formula is C12H12N2O4. The molecular weight excluding hydrogens is 236 g/mol. The van der Waals surface area contributed by atoms with Crippen molar-refractivity contribution in [2.75, 3.05) is 5.32 Å². The van der Waals surface area contributed by atoms with Gasteiger partial charge < -0.3 is 16.2 Å². The lowest BCUT2D eigenvalue weighted by atomic mass is 9.97. The maximum Gasteiger partial charge on any atom is 0.328 e. The summed E-state index contributed by atoms with van der Waals surface area (Å²) in [5.41, 5.74) is 7.00. The van der Waals surface area contributed by atoms with Gasteiger partial charge in [-0.3, -0.25) is 14.4 Å². The number of aliphatic carboxylic acids is 1. The van der Waals surface area contributed by atoms with Crippen molar-refractivity contribution < 1.29 is 19.5 Å². The largest absolute Gasteiger partial charge is 0.480 e. The maximum atomic E-state index is 11.7. The summed E-state index contributed by atoms with van der Waals surface area (Å²) in [7, 11) is 0. The van der Waals surface area contributed by atoms with Gasteiger partial charge in [0, 0.05) is 17.7 Å². The Morgan fingerprint density at radius 1 is 1.33 bits per heavy atom. The molecule has 0 bridgehead atoms. The van der Waals surface area contributed by atoms with Crippen LogP contribution in [0.4, 0.5) is 5.69 Å². The Bertz CT molecular complexity index is 539. The molecule has 1 unspecified atom stereocenters. The van der Waals surface area contributed by atoms with Crippen molar-refractivity contribution in [1.82, 2.24) is 0 Å². The number of amides is 1. The van der Waals surface area contributed by atoms with E-state index in [1.807, 2.05) is 0 Å². The molecule has 4 N–H and O–H groups in total. The van der Waals surface area contributed by atoms with Crippen LogP contribution in [-0.2, 0) is 16.0 Å². The fourth-order valence-electron chi connectivity index (χ4n) is 1.83. The SMILES string of the molecule is NC(C(=O)O)C(=O)c1ccc2c(c1)CCC(=O)N2. The Labute approximate surface area is 103 Å². The molecule has 1 aromatic rings.